The van der Waals surface area contributed by atoms with Crippen molar-refractivity contribution in [1.82, 2.24) is 4.57 Å². The third-order valence-electron chi connectivity index (χ3n) is 5.92. The Kier molecular flexibility index (Phi) is 8.66. The summed E-state index contributed by atoms with van der Waals surface area (Å²) in [5.41, 5.74) is 4.52. The molecule has 3 aromatic rings. The SMILES string of the molecule is CC.COCC(C)(C)c1c(C)c2cc(NC(=O)C(C)(C)C)c(C(C)=N)cc2n1-c1ccc(F)cc1. The molecular weight excluding hydrogens is 441 g/mol. The van der Waals surface area contributed by atoms with Gasteiger partial charge < -0.3 is 20.0 Å². The number of rotatable bonds is 6. The fourth-order valence-corrected chi connectivity index (χ4v) is 4.31. The van der Waals surface area contributed by atoms with Gasteiger partial charge in [-0.15, -0.1) is 0 Å². The first-order valence-electron chi connectivity index (χ1n) is 12.1. The molecule has 0 spiro atoms. The molecule has 2 aromatic carbocycles. The normalized spacial score (nSPS) is 11.7. The van der Waals surface area contributed by atoms with E-state index in [0.717, 1.165) is 27.8 Å². The number of carbonyl (C=O) groups excluding carboxylic acids is 1. The molecule has 3 rings (SSSR count). The number of benzene rings is 2. The predicted molar refractivity (Wildman–Crippen MR) is 145 cm³/mol. The number of hydrogen-bond donors (Lipinski definition) is 2. The van der Waals surface area contributed by atoms with E-state index in [4.69, 9.17) is 10.1 Å². The Labute approximate surface area is 209 Å². The lowest BCUT2D eigenvalue weighted by molar-refractivity contribution is -0.123. The Morgan fingerprint density at radius 2 is 1.66 bits per heavy atom. The van der Waals surface area contributed by atoms with Gasteiger partial charge in [-0.25, -0.2) is 4.39 Å². The highest BCUT2D eigenvalue weighted by atomic mass is 19.1. The molecule has 0 aliphatic heterocycles. The highest BCUT2D eigenvalue weighted by Gasteiger charge is 2.31. The number of hydrogen-bond acceptors (Lipinski definition) is 3. The fourth-order valence-electron chi connectivity index (χ4n) is 4.31. The number of carbonyl (C=O) groups is 1. The fraction of sp³-hybridized carbons (Fsp3) is 0.448. The molecule has 0 bridgehead atoms. The van der Waals surface area contributed by atoms with Crippen LogP contribution < -0.4 is 5.32 Å². The van der Waals surface area contributed by atoms with Gasteiger partial charge in [-0.2, -0.15) is 0 Å². The van der Waals surface area contributed by atoms with Crippen LogP contribution in [0.25, 0.3) is 16.6 Å². The molecule has 0 saturated heterocycles. The molecule has 35 heavy (non-hydrogen) atoms. The molecule has 6 heteroatoms. The van der Waals surface area contributed by atoms with Crippen molar-refractivity contribution in [3.05, 3.63) is 59.0 Å². The number of nitrogens with zero attached hydrogens (tertiary/aromatic N) is 1. The molecule has 0 aliphatic rings. The largest absolute Gasteiger partial charge is 0.384 e. The third-order valence-corrected chi connectivity index (χ3v) is 5.92. The van der Waals surface area contributed by atoms with Crippen molar-refractivity contribution in [1.29, 1.82) is 5.41 Å². The van der Waals surface area contributed by atoms with Gasteiger partial charge in [-0.3, -0.25) is 4.79 Å². The molecule has 0 atom stereocenters. The van der Waals surface area contributed by atoms with Crippen molar-refractivity contribution in [3.8, 4) is 5.69 Å². The number of fused-ring (bicyclic) bond motifs is 1. The van der Waals surface area contributed by atoms with Gasteiger partial charge in [0.2, 0.25) is 5.91 Å². The van der Waals surface area contributed by atoms with Crippen molar-refractivity contribution >= 4 is 28.2 Å². The number of amides is 1. The zero-order valence-electron chi connectivity index (χ0n) is 22.8. The van der Waals surface area contributed by atoms with Crippen LogP contribution >= 0.6 is 0 Å². The number of nitrogens with one attached hydrogen (secondary N) is 2. The van der Waals surface area contributed by atoms with Crippen molar-refractivity contribution in [2.45, 2.75) is 67.7 Å². The van der Waals surface area contributed by atoms with E-state index in [9.17, 15) is 9.18 Å². The zero-order chi connectivity index (χ0) is 26.7. The number of methoxy groups -OCH3 is 1. The smallest absolute Gasteiger partial charge is 0.229 e. The van der Waals surface area contributed by atoms with Crippen molar-refractivity contribution in [2.75, 3.05) is 19.0 Å². The summed E-state index contributed by atoms with van der Waals surface area (Å²) in [6.45, 7) is 18.1. The summed E-state index contributed by atoms with van der Waals surface area (Å²) < 4.78 is 21.4. The van der Waals surface area contributed by atoms with Gasteiger partial charge in [0.1, 0.15) is 5.82 Å². The van der Waals surface area contributed by atoms with Gasteiger partial charge in [0.05, 0.1) is 17.8 Å². The Morgan fingerprint density at radius 3 is 2.14 bits per heavy atom. The lowest BCUT2D eigenvalue weighted by Gasteiger charge is -2.27. The van der Waals surface area contributed by atoms with E-state index in [1.165, 1.54) is 12.1 Å². The molecule has 0 saturated carbocycles. The predicted octanol–water partition coefficient (Wildman–Crippen LogP) is 7.40. The van der Waals surface area contributed by atoms with Crippen LogP contribution in [0.1, 0.15) is 72.2 Å². The third kappa shape index (κ3) is 5.81. The molecule has 190 valence electrons. The van der Waals surface area contributed by atoms with E-state index in [1.807, 2.05) is 46.8 Å². The average molecular weight is 482 g/mol. The molecule has 2 N–H and O–H groups in total. The van der Waals surface area contributed by atoms with E-state index < -0.39 is 5.41 Å². The minimum atomic E-state index is -0.567. The molecule has 5 nitrogen and oxygen atoms in total. The summed E-state index contributed by atoms with van der Waals surface area (Å²) in [5.74, 6) is -0.409. The van der Waals surface area contributed by atoms with Gasteiger partial charge in [-0.05, 0) is 55.8 Å². The standard InChI is InChI=1S/C27H34FN3O2.C2H6/c1-16-20-13-22(30-25(32)26(3,4)5)21(17(2)29)14-23(20)31(19-11-9-18(28)10-12-19)24(16)27(6,7)15-33-8;1-2/h9-14,29H,15H2,1-8H3,(H,30,32);1-2H3. The first kappa shape index (κ1) is 28.2. The molecular formula is C29H40FN3O2. The highest BCUT2D eigenvalue weighted by molar-refractivity contribution is 6.09. The lowest BCUT2D eigenvalue weighted by Crippen LogP contribution is -2.28. The zero-order valence-corrected chi connectivity index (χ0v) is 22.8. The Bertz CT molecular complexity index is 1220. The van der Waals surface area contributed by atoms with Gasteiger partial charge in [0, 0.05) is 46.0 Å². The van der Waals surface area contributed by atoms with Crippen molar-refractivity contribution in [3.63, 3.8) is 0 Å². The second-order valence-electron chi connectivity index (χ2n) is 10.3. The van der Waals surface area contributed by atoms with Crippen LogP contribution in [0.2, 0.25) is 0 Å². The molecule has 1 aromatic heterocycles. The highest BCUT2D eigenvalue weighted by Crippen LogP contribution is 2.39. The molecule has 1 amide bonds. The second-order valence-corrected chi connectivity index (χ2v) is 10.3. The number of aromatic nitrogens is 1. The summed E-state index contributed by atoms with van der Waals surface area (Å²) in [5, 5.41) is 12.4. The van der Waals surface area contributed by atoms with E-state index in [-0.39, 0.29) is 17.1 Å². The van der Waals surface area contributed by atoms with Crippen molar-refractivity contribution in [2.24, 2.45) is 5.41 Å². The minimum absolute atomic E-state index is 0.111. The summed E-state index contributed by atoms with van der Waals surface area (Å²) in [6, 6.07) is 10.3. The van der Waals surface area contributed by atoms with E-state index in [0.29, 0.717) is 23.6 Å². The van der Waals surface area contributed by atoms with E-state index in [1.54, 1.807) is 26.2 Å². The Balaban J connectivity index is 0.00000210. The molecule has 0 unspecified atom stereocenters. The van der Waals surface area contributed by atoms with Crippen LogP contribution in [0, 0.1) is 23.6 Å². The lowest BCUT2D eigenvalue weighted by atomic mass is 9.87. The first-order chi connectivity index (χ1) is 16.3. The Hall–Kier alpha value is -2.99. The summed E-state index contributed by atoms with van der Waals surface area (Å²) in [7, 11) is 1.68. The minimum Gasteiger partial charge on any atom is -0.384 e. The maximum atomic E-state index is 13.7. The molecule has 0 radical (unpaired) electrons. The number of halogens is 1. The van der Waals surface area contributed by atoms with Crippen LogP contribution in [0.3, 0.4) is 0 Å². The maximum Gasteiger partial charge on any atom is 0.229 e. The number of anilines is 1. The van der Waals surface area contributed by atoms with E-state index in [2.05, 4.69) is 30.7 Å². The van der Waals surface area contributed by atoms with Crippen LogP contribution in [0.5, 0.6) is 0 Å². The van der Waals surface area contributed by atoms with Crippen LogP contribution in [-0.4, -0.2) is 29.9 Å². The topological polar surface area (TPSA) is 67.1 Å². The number of aryl methyl sites for hydroxylation is 1. The quantitative estimate of drug-likeness (QED) is 0.360. The van der Waals surface area contributed by atoms with Crippen LogP contribution in [-0.2, 0) is 14.9 Å². The first-order valence-corrected chi connectivity index (χ1v) is 12.1. The van der Waals surface area contributed by atoms with Gasteiger partial charge in [0.25, 0.3) is 0 Å². The van der Waals surface area contributed by atoms with Gasteiger partial charge in [-0.1, -0.05) is 48.5 Å². The molecule has 0 aliphatic carbocycles. The maximum absolute atomic E-state index is 13.7. The second kappa shape index (κ2) is 10.7. The summed E-state index contributed by atoms with van der Waals surface area (Å²) in [6.07, 6.45) is 0. The Morgan fingerprint density at radius 1 is 1.09 bits per heavy atom. The van der Waals surface area contributed by atoms with Crippen LogP contribution in [0.15, 0.2) is 36.4 Å². The van der Waals surface area contributed by atoms with E-state index >= 15 is 0 Å². The van der Waals surface area contributed by atoms with Crippen LogP contribution in [0.4, 0.5) is 10.1 Å². The average Bonchev–Trinajstić information content (AvgIpc) is 3.07. The molecule has 0 fully saturated rings. The van der Waals surface area contributed by atoms with Gasteiger partial charge in [0.15, 0.2) is 0 Å². The van der Waals surface area contributed by atoms with Crippen molar-refractivity contribution < 1.29 is 13.9 Å². The monoisotopic (exact) mass is 481 g/mol. The summed E-state index contributed by atoms with van der Waals surface area (Å²) in [4.78, 5) is 12.8. The summed E-state index contributed by atoms with van der Waals surface area (Å²) >= 11 is 0. The van der Waals surface area contributed by atoms with Gasteiger partial charge >= 0.3 is 0 Å². The molecule has 1 heterocycles. The number of ether oxygens (including phenoxy) is 1.